The molecule has 36 heavy (non-hydrogen) atoms. The zero-order valence-corrected chi connectivity index (χ0v) is 21.8. The van der Waals surface area contributed by atoms with Crippen LogP contribution < -0.4 is 23.8 Å². The molecule has 9 heteroatoms. The zero-order chi connectivity index (χ0) is 26.1. The molecule has 0 heterocycles. The summed E-state index contributed by atoms with van der Waals surface area (Å²) in [6.45, 7) is 3.94. The monoisotopic (exact) mass is 512 g/mol. The number of carbonyl (C=O) groups is 1. The predicted molar refractivity (Wildman–Crippen MR) is 140 cm³/mol. The van der Waals surface area contributed by atoms with Crippen molar-refractivity contribution >= 4 is 21.6 Å². The lowest BCUT2D eigenvalue weighted by molar-refractivity contribution is -0.119. The van der Waals surface area contributed by atoms with Crippen LogP contribution in [-0.2, 0) is 21.2 Å². The van der Waals surface area contributed by atoms with Crippen molar-refractivity contribution in [3.8, 4) is 17.2 Å². The van der Waals surface area contributed by atoms with Gasteiger partial charge in [0, 0.05) is 6.07 Å². The number of methoxy groups -OCH3 is 2. The number of ether oxygens (including phenoxy) is 3. The minimum absolute atomic E-state index is 0.0598. The molecule has 0 unspecified atom stereocenters. The van der Waals surface area contributed by atoms with Crippen LogP contribution in [0.25, 0.3) is 0 Å². The molecular formula is C27H32N2O6S. The lowest BCUT2D eigenvalue weighted by atomic mass is 10.2. The van der Waals surface area contributed by atoms with E-state index in [0.717, 1.165) is 16.3 Å². The standard InChI is InChI=1S/C27H32N2O6S/c1-5-21-8-10-22(11-9-21)35-17-16-28-27(30)19-29(25-18-23(33-3)12-15-26(25)34-4)36(31,32)24-13-6-20(2)7-14-24/h6-15,18H,5,16-17,19H2,1-4H3,(H,28,30). The van der Waals surface area contributed by atoms with Gasteiger partial charge in [-0.2, -0.15) is 0 Å². The Morgan fingerprint density at radius 1 is 0.917 bits per heavy atom. The fourth-order valence-electron chi connectivity index (χ4n) is 3.50. The summed E-state index contributed by atoms with van der Waals surface area (Å²) in [6, 6.07) is 19.0. The highest BCUT2D eigenvalue weighted by molar-refractivity contribution is 7.92. The van der Waals surface area contributed by atoms with Crippen molar-refractivity contribution in [2.24, 2.45) is 0 Å². The molecule has 192 valence electrons. The molecule has 0 aliphatic heterocycles. The second-order valence-electron chi connectivity index (χ2n) is 8.06. The average Bonchev–Trinajstić information content (AvgIpc) is 2.89. The molecule has 0 aliphatic rings. The fraction of sp³-hybridized carbons (Fsp3) is 0.296. The van der Waals surface area contributed by atoms with Crippen molar-refractivity contribution in [2.45, 2.75) is 25.2 Å². The first-order valence-corrected chi connectivity index (χ1v) is 13.0. The SMILES string of the molecule is CCc1ccc(OCCNC(=O)CN(c2cc(OC)ccc2OC)S(=O)(=O)c2ccc(C)cc2)cc1. The normalized spacial score (nSPS) is 11.0. The van der Waals surface area contributed by atoms with Crippen LogP contribution in [0.5, 0.6) is 17.2 Å². The largest absolute Gasteiger partial charge is 0.497 e. The van der Waals surface area contributed by atoms with E-state index in [0.29, 0.717) is 11.5 Å². The molecular weight excluding hydrogens is 480 g/mol. The molecule has 0 radical (unpaired) electrons. The van der Waals surface area contributed by atoms with E-state index in [-0.39, 0.29) is 29.5 Å². The second kappa shape index (κ2) is 12.3. The van der Waals surface area contributed by atoms with Crippen molar-refractivity contribution < 1.29 is 27.4 Å². The van der Waals surface area contributed by atoms with E-state index in [9.17, 15) is 13.2 Å². The third-order valence-electron chi connectivity index (χ3n) is 5.58. The van der Waals surface area contributed by atoms with Gasteiger partial charge in [0.25, 0.3) is 10.0 Å². The van der Waals surface area contributed by atoms with E-state index in [1.807, 2.05) is 31.2 Å². The number of anilines is 1. The number of sulfonamides is 1. The maximum Gasteiger partial charge on any atom is 0.264 e. The smallest absolute Gasteiger partial charge is 0.264 e. The summed E-state index contributed by atoms with van der Waals surface area (Å²) in [5.41, 5.74) is 2.32. The molecule has 3 rings (SSSR count). The highest BCUT2D eigenvalue weighted by atomic mass is 32.2. The molecule has 0 aromatic heterocycles. The Morgan fingerprint density at radius 2 is 1.58 bits per heavy atom. The highest BCUT2D eigenvalue weighted by Crippen LogP contribution is 2.35. The lowest BCUT2D eigenvalue weighted by Gasteiger charge is -2.26. The molecule has 0 bridgehead atoms. The van der Waals surface area contributed by atoms with Gasteiger partial charge in [0.15, 0.2) is 0 Å². The van der Waals surface area contributed by atoms with Crippen LogP contribution in [0.4, 0.5) is 5.69 Å². The van der Waals surface area contributed by atoms with Gasteiger partial charge < -0.3 is 19.5 Å². The summed E-state index contributed by atoms with van der Waals surface area (Å²) in [7, 11) is -1.18. The number of rotatable bonds is 12. The molecule has 0 fully saturated rings. The summed E-state index contributed by atoms with van der Waals surface area (Å²) in [5, 5.41) is 2.73. The molecule has 0 spiro atoms. The predicted octanol–water partition coefficient (Wildman–Crippen LogP) is 3.97. The molecule has 0 saturated carbocycles. The Labute approximate surface area is 212 Å². The summed E-state index contributed by atoms with van der Waals surface area (Å²) in [5.74, 6) is 0.933. The van der Waals surface area contributed by atoms with E-state index in [1.165, 1.54) is 38.0 Å². The van der Waals surface area contributed by atoms with Crippen molar-refractivity contribution in [3.05, 3.63) is 77.9 Å². The molecule has 0 aliphatic carbocycles. The maximum absolute atomic E-state index is 13.6. The summed E-state index contributed by atoms with van der Waals surface area (Å²) in [6.07, 6.45) is 0.941. The molecule has 0 saturated heterocycles. The molecule has 0 atom stereocenters. The first kappa shape index (κ1) is 26.9. The summed E-state index contributed by atoms with van der Waals surface area (Å²) >= 11 is 0. The van der Waals surface area contributed by atoms with E-state index >= 15 is 0 Å². The van der Waals surface area contributed by atoms with Crippen LogP contribution in [0.15, 0.2) is 71.6 Å². The Hall–Kier alpha value is -3.72. The topological polar surface area (TPSA) is 94.2 Å². The number of nitrogens with one attached hydrogen (secondary N) is 1. The van der Waals surface area contributed by atoms with Crippen molar-refractivity contribution in [1.82, 2.24) is 5.32 Å². The van der Waals surface area contributed by atoms with Gasteiger partial charge in [-0.05, 0) is 55.3 Å². The second-order valence-corrected chi connectivity index (χ2v) is 9.92. The number of carbonyl (C=O) groups excluding carboxylic acids is 1. The summed E-state index contributed by atoms with van der Waals surface area (Å²) < 4.78 is 44.7. The Bertz CT molecular complexity index is 1260. The minimum atomic E-state index is -4.10. The number of hydrogen-bond donors (Lipinski definition) is 1. The van der Waals surface area contributed by atoms with Crippen molar-refractivity contribution in [1.29, 1.82) is 0 Å². The zero-order valence-electron chi connectivity index (χ0n) is 21.0. The Balaban J connectivity index is 1.78. The number of hydrogen-bond acceptors (Lipinski definition) is 6. The van der Waals surface area contributed by atoms with Gasteiger partial charge >= 0.3 is 0 Å². The van der Waals surface area contributed by atoms with Crippen LogP contribution >= 0.6 is 0 Å². The maximum atomic E-state index is 13.6. The number of amides is 1. The van der Waals surface area contributed by atoms with Gasteiger partial charge in [-0.1, -0.05) is 36.8 Å². The van der Waals surface area contributed by atoms with Crippen LogP contribution in [0.1, 0.15) is 18.1 Å². The quantitative estimate of drug-likeness (QED) is 0.369. The van der Waals surface area contributed by atoms with Crippen molar-refractivity contribution in [3.63, 3.8) is 0 Å². The molecule has 3 aromatic carbocycles. The Kier molecular flexibility index (Phi) is 9.19. The van der Waals surface area contributed by atoms with Gasteiger partial charge in [0.05, 0.1) is 31.3 Å². The highest BCUT2D eigenvalue weighted by Gasteiger charge is 2.30. The van der Waals surface area contributed by atoms with Gasteiger partial charge in [-0.15, -0.1) is 0 Å². The third kappa shape index (κ3) is 6.69. The van der Waals surface area contributed by atoms with E-state index < -0.39 is 22.5 Å². The number of benzene rings is 3. The van der Waals surface area contributed by atoms with Crippen LogP contribution in [0.3, 0.4) is 0 Å². The van der Waals surface area contributed by atoms with E-state index in [2.05, 4.69) is 12.2 Å². The lowest BCUT2D eigenvalue weighted by Crippen LogP contribution is -2.42. The van der Waals surface area contributed by atoms with Crippen molar-refractivity contribution in [2.75, 3.05) is 38.2 Å². The first-order valence-electron chi connectivity index (χ1n) is 11.6. The van der Waals surface area contributed by atoms with Crippen LogP contribution in [0.2, 0.25) is 0 Å². The van der Waals surface area contributed by atoms with Gasteiger partial charge in [0.1, 0.15) is 30.4 Å². The van der Waals surface area contributed by atoms with E-state index in [1.54, 1.807) is 24.3 Å². The first-order chi connectivity index (χ1) is 17.3. The number of nitrogens with zero attached hydrogens (tertiary/aromatic N) is 1. The van der Waals surface area contributed by atoms with Crippen LogP contribution in [0, 0.1) is 6.92 Å². The average molecular weight is 513 g/mol. The molecule has 1 N–H and O–H groups in total. The molecule has 1 amide bonds. The minimum Gasteiger partial charge on any atom is -0.497 e. The van der Waals surface area contributed by atoms with E-state index in [4.69, 9.17) is 14.2 Å². The van der Waals surface area contributed by atoms with Gasteiger partial charge in [-0.3, -0.25) is 9.10 Å². The molecule has 3 aromatic rings. The number of aryl methyl sites for hydroxylation is 2. The fourth-order valence-corrected chi connectivity index (χ4v) is 4.92. The third-order valence-corrected chi connectivity index (χ3v) is 7.35. The van der Waals surface area contributed by atoms with Crippen LogP contribution in [-0.4, -0.2) is 48.2 Å². The summed E-state index contributed by atoms with van der Waals surface area (Å²) in [4.78, 5) is 12.9. The van der Waals surface area contributed by atoms with Gasteiger partial charge in [-0.25, -0.2) is 8.42 Å². The van der Waals surface area contributed by atoms with Gasteiger partial charge in [0.2, 0.25) is 5.91 Å². The Morgan fingerprint density at radius 3 is 2.19 bits per heavy atom. The molecule has 8 nitrogen and oxygen atoms in total.